The maximum atomic E-state index is 13.4. The molecule has 1 fully saturated rings. The van der Waals surface area contributed by atoms with Gasteiger partial charge >= 0.3 is 0 Å². The molecule has 134 valence electrons. The van der Waals surface area contributed by atoms with Gasteiger partial charge in [0.1, 0.15) is 23.2 Å². The molecule has 0 radical (unpaired) electrons. The molecule has 0 unspecified atom stereocenters. The fraction of sp³-hybridized carbons (Fsp3) is 0.263. The van der Waals surface area contributed by atoms with E-state index < -0.39 is 0 Å². The van der Waals surface area contributed by atoms with Crippen molar-refractivity contribution in [3.05, 3.63) is 53.4 Å². The van der Waals surface area contributed by atoms with Gasteiger partial charge in [0.05, 0.1) is 5.02 Å². The number of piperidine rings is 1. The third-order valence-electron chi connectivity index (χ3n) is 4.32. The predicted molar refractivity (Wildman–Crippen MR) is 101 cm³/mol. The fourth-order valence-electron chi connectivity index (χ4n) is 3.01. The van der Waals surface area contributed by atoms with Gasteiger partial charge < -0.3 is 15.4 Å². The van der Waals surface area contributed by atoms with Crippen LogP contribution in [0.3, 0.4) is 0 Å². The largest absolute Gasteiger partial charge is 0.488 e. The van der Waals surface area contributed by atoms with E-state index in [0.29, 0.717) is 27.9 Å². The molecule has 1 aliphatic heterocycles. The Balaban J connectivity index is 1.67. The van der Waals surface area contributed by atoms with Crippen LogP contribution in [0.1, 0.15) is 12.8 Å². The van der Waals surface area contributed by atoms with Crippen LogP contribution in [-0.4, -0.2) is 29.2 Å². The molecule has 0 saturated carbocycles. The van der Waals surface area contributed by atoms with Crippen molar-refractivity contribution in [2.24, 2.45) is 0 Å². The highest BCUT2D eigenvalue weighted by Gasteiger charge is 2.17. The predicted octanol–water partition coefficient (Wildman–Crippen LogP) is 4.30. The van der Waals surface area contributed by atoms with E-state index in [-0.39, 0.29) is 11.9 Å². The highest BCUT2D eigenvalue weighted by atomic mass is 35.5. The molecule has 4 rings (SSSR count). The average molecular weight is 373 g/mol. The lowest BCUT2D eigenvalue weighted by Crippen LogP contribution is -2.34. The molecule has 1 aromatic heterocycles. The lowest BCUT2D eigenvalue weighted by Gasteiger charge is -2.24. The monoisotopic (exact) mass is 372 g/mol. The summed E-state index contributed by atoms with van der Waals surface area (Å²) in [5.74, 6) is 0.718. The van der Waals surface area contributed by atoms with Crippen LogP contribution in [0.15, 0.2) is 42.6 Å². The second-order valence-corrected chi connectivity index (χ2v) is 6.61. The zero-order chi connectivity index (χ0) is 17.9. The quantitative estimate of drug-likeness (QED) is 0.715. The smallest absolute Gasteiger partial charge is 0.227 e. The topological polar surface area (TPSA) is 59.1 Å². The fourth-order valence-corrected chi connectivity index (χ4v) is 3.21. The van der Waals surface area contributed by atoms with Crippen molar-refractivity contribution in [2.75, 3.05) is 18.4 Å². The molecule has 0 atom stereocenters. The van der Waals surface area contributed by atoms with Gasteiger partial charge in [0.25, 0.3) is 0 Å². The summed E-state index contributed by atoms with van der Waals surface area (Å²) < 4.78 is 19.5. The molecule has 1 saturated heterocycles. The zero-order valence-corrected chi connectivity index (χ0v) is 14.8. The summed E-state index contributed by atoms with van der Waals surface area (Å²) in [6.45, 7) is 1.88. The van der Waals surface area contributed by atoms with Gasteiger partial charge in [0, 0.05) is 17.3 Å². The first-order valence-corrected chi connectivity index (χ1v) is 8.92. The molecule has 3 aromatic rings. The molecule has 7 heteroatoms. The first-order chi connectivity index (χ1) is 12.7. The summed E-state index contributed by atoms with van der Waals surface area (Å²) in [5.41, 5.74) is 1.22. The Bertz CT molecular complexity index is 931. The van der Waals surface area contributed by atoms with Crippen LogP contribution >= 0.6 is 11.6 Å². The molecule has 1 aliphatic rings. The molecule has 2 N–H and O–H groups in total. The molecule has 2 aromatic carbocycles. The van der Waals surface area contributed by atoms with Crippen LogP contribution < -0.4 is 15.4 Å². The Labute approximate surface area is 155 Å². The number of rotatable bonds is 4. The Morgan fingerprint density at radius 1 is 1.19 bits per heavy atom. The molecular weight excluding hydrogens is 355 g/mol. The SMILES string of the molecule is Fc1cccc(Nc2ncc3c(Cl)ccc(OC4CCNCC4)c3n2)c1. The van der Waals surface area contributed by atoms with E-state index in [4.69, 9.17) is 16.3 Å². The minimum Gasteiger partial charge on any atom is -0.488 e. The number of fused-ring (bicyclic) bond motifs is 1. The van der Waals surface area contributed by atoms with E-state index in [1.54, 1.807) is 24.4 Å². The lowest BCUT2D eigenvalue weighted by molar-refractivity contribution is 0.164. The number of benzene rings is 2. The molecule has 0 amide bonds. The highest BCUT2D eigenvalue weighted by Crippen LogP contribution is 2.32. The Morgan fingerprint density at radius 2 is 2.04 bits per heavy atom. The third-order valence-corrected chi connectivity index (χ3v) is 4.65. The molecule has 0 spiro atoms. The van der Waals surface area contributed by atoms with Gasteiger partial charge in [0.2, 0.25) is 5.95 Å². The van der Waals surface area contributed by atoms with Crippen molar-refractivity contribution in [2.45, 2.75) is 18.9 Å². The highest BCUT2D eigenvalue weighted by molar-refractivity contribution is 6.35. The standard InChI is InChI=1S/C19H18ClFN4O/c20-16-4-5-17(26-14-6-8-22-9-7-14)18-15(16)11-23-19(25-18)24-13-3-1-2-12(21)10-13/h1-5,10-11,14,22H,6-9H2,(H,23,24,25). The van der Waals surface area contributed by atoms with E-state index in [2.05, 4.69) is 20.6 Å². The van der Waals surface area contributed by atoms with Gasteiger partial charge in [-0.05, 0) is 56.3 Å². The number of aromatic nitrogens is 2. The minimum atomic E-state index is -0.325. The Hall–Kier alpha value is -2.44. The summed E-state index contributed by atoms with van der Waals surface area (Å²) in [5, 5.41) is 7.63. The van der Waals surface area contributed by atoms with Gasteiger partial charge in [-0.2, -0.15) is 0 Å². The van der Waals surface area contributed by atoms with E-state index in [0.717, 1.165) is 31.3 Å². The maximum absolute atomic E-state index is 13.4. The first kappa shape index (κ1) is 17.0. The number of halogens is 2. The van der Waals surface area contributed by atoms with E-state index in [1.165, 1.54) is 12.1 Å². The second kappa shape index (κ2) is 7.43. The Morgan fingerprint density at radius 3 is 2.85 bits per heavy atom. The molecular formula is C19H18ClFN4O. The van der Waals surface area contributed by atoms with Crippen LogP contribution in [0.25, 0.3) is 10.9 Å². The molecule has 26 heavy (non-hydrogen) atoms. The van der Waals surface area contributed by atoms with Crippen LogP contribution in [0.2, 0.25) is 5.02 Å². The zero-order valence-electron chi connectivity index (χ0n) is 14.0. The average Bonchev–Trinajstić information content (AvgIpc) is 2.65. The summed E-state index contributed by atoms with van der Waals surface area (Å²) in [6.07, 6.45) is 3.70. The van der Waals surface area contributed by atoms with Crippen molar-refractivity contribution < 1.29 is 9.13 Å². The normalized spacial score (nSPS) is 15.2. The van der Waals surface area contributed by atoms with E-state index in [1.807, 2.05) is 6.07 Å². The lowest BCUT2D eigenvalue weighted by atomic mass is 10.1. The van der Waals surface area contributed by atoms with Crippen LogP contribution in [-0.2, 0) is 0 Å². The first-order valence-electron chi connectivity index (χ1n) is 8.54. The molecule has 0 aliphatic carbocycles. The van der Waals surface area contributed by atoms with Crippen LogP contribution in [0.5, 0.6) is 5.75 Å². The number of ether oxygens (including phenoxy) is 1. The summed E-state index contributed by atoms with van der Waals surface area (Å²) in [7, 11) is 0. The third kappa shape index (κ3) is 3.71. The second-order valence-electron chi connectivity index (χ2n) is 6.20. The summed E-state index contributed by atoms with van der Waals surface area (Å²) in [4.78, 5) is 8.84. The van der Waals surface area contributed by atoms with Crippen molar-refractivity contribution >= 4 is 34.1 Å². The van der Waals surface area contributed by atoms with Gasteiger partial charge in [-0.15, -0.1) is 0 Å². The number of anilines is 2. The molecule has 5 nitrogen and oxygen atoms in total. The van der Waals surface area contributed by atoms with Crippen molar-refractivity contribution in [1.29, 1.82) is 0 Å². The summed E-state index contributed by atoms with van der Waals surface area (Å²) >= 11 is 6.29. The molecule has 2 heterocycles. The van der Waals surface area contributed by atoms with Gasteiger partial charge in [-0.1, -0.05) is 17.7 Å². The summed E-state index contributed by atoms with van der Waals surface area (Å²) in [6, 6.07) is 9.78. The van der Waals surface area contributed by atoms with E-state index in [9.17, 15) is 4.39 Å². The van der Waals surface area contributed by atoms with Gasteiger partial charge in [-0.3, -0.25) is 0 Å². The number of hydrogen-bond acceptors (Lipinski definition) is 5. The van der Waals surface area contributed by atoms with Gasteiger partial charge in [-0.25, -0.2) is 14.4 Å². The Kier molecular flexibility index (Phi) is 4.86. The van der Waals surface area contributed by atoms with Crippen LogP contribution in [0, 0.1) is 5.82 Å². The minimum absolute atomic E-state index is 0.148. The van der Waals surface area contributed by atoms with Crippen molar-refractivity contribution in [3.8, 4) is 5.75 Å². The van der Waals surface area contributed by atoms with Crippen LogP contribution in [0.4, 0.5) is 16.0 Å². The molecule has 0 bridgehead atoms. The number of nitrogens with one attached hydrogen (secondary N) is 2. The number of nitrogens with zero attached hydrogens (tertiary/aromatic N) is 2. The van der Waals surface area contributed by atoms with Gasteiger partial charge in [0.15, 0.2) is 0 Å². The number of hydrogen-bond donors (Lipinski definition) is 2. The van der Waals surface area contributed by atoms with Crippen molar-refractivity contribution in [1.82, 2.24) is 15.3 Å². The van der Waals surface area contributed by atoms with Crippen molar-refractivity contribution in [3.63, 3.8) is 0 Å². The maximum Gasteiger partial charge on any atom is 0.227 e. The van der Waals surface area contributed by atoms with E-state index >= 15 is 0 Å².